The highest BCUT2D eigenvalue weighted by atomic mass is 19.1. The number of carbonyl (C=O) groups is 1. The fraction of sp³-hybridized carbons (Fsp3) is 0.500. The zero-order valence-electron chi connectivity index (χ0n) is 10.4. The highest BCUT2D eigenvalue weighted by Gasteiger charge is 2.43. The molecule has 0 amide bonds. The topological polar surface area (TPSA) is 46.5 Å². The molecule has 2 rings (SSSR count). The lowest BCUT2D eigenvalue weighted by Gasteiger charge is -2.33. The van der Waals surface area contributed by atoms with Crippen LogP contribution in [0.15, 0.2) is 18.2 Å². The molecule has 1 aliphatic carbocycles. The molecular weight excluding hydrogens is 235 g/mol. The standard InChI is InChI=1S/C14H17FO3/c1-18-10-5-6-11(12(15)9-10)14(13(16)17)7-3-2-4-8-14/h5-6,9H,2-4,7-8H2,1H3,(H,16,17). The maximum absolute atomic E-state index is 14.1. The van der Waals surface area contributed by atoms with E-state index in [4.69, 9.17) is 4.74 Å². The molecule has 0 bridgehead atoms. The molecule has 98 valence electrons. The Kier molecular flexibility index (Phi) is 3.55. The van der Waals surface area contributed by atoms with Crippen molar-refractivity contribution in [2.45, 2.75) is 37.5 Å². The number of benzene rings is 1. The number of hydrogen-bond acceptors (Lipinski definition) is 2. The molecule has 0 aliphatic heterocycles. The van der Waals surface area contributed by atoms with Crippen LogP contribution in [0, 0.1) is 5.82 Å². The lowest BCUT2D eigenvalue weighted by molar-refractivity contribution is -0.145. The molecule has 0 heterocycles. The zero-order valence-corrected chi connectivity index (χ0v) is 10.4. The number of ether oxygens (including phenoxy) is 1. The molecule has 18 heavy (non-hydrogen) atoms. The lowest BCUT2D eigenvalue weighted by Crippen LogP contribution is -2.38. The second-order valence-corrected chi connectivity index (χ2v) is 4.79. The van der Waals surface area contributed by atoms with E-state index in [0.29, 0.717) is 18.6 Å². The van der Waals surface area contributed by atoms with Crippen molar-refractivity contribution in [2.24, 2.45) is 0 Å². The van der Waals surface area contributed by atoms with Crippen LogP contribution in [0.2, 0.25) is 0 Å². The van der Waals surface area contributed by atoms with Gasteiger partial charge in [-0.05, 0) is 18.9 Å². The van der Waals surface area contributed by atoms with Crippen LogP contribution in [0.1, 0.15) is 37.7 Å². The predicted molar refractivity (Wildman–Crippen MR) is 65.4 cm³/mol. The van der Waals surface area contributed by atoms with Gasteiger partial charge in [-0.2, -0.15) is 0 Å². The summed E-state index contributed by atoms with van der Waals surface area (Å²) in [5, 5.41) is 9.50. The summed E-state index contributed by atoms with van der Waals surface area (Å²) in [5.74, 6) is -1.00. The first-order valence-corrected chi connectivity index (χ1v) is 6.17. The number of rotatable bonds is 3. The SMILES string of the molecule is COc1ccc(C2(C(=O)O)CCCCC2)c(F)c1. The van der Waals surface area contributed by atoms with E-state index >= 15 is 0 Å². The Balaban J connectivity index is 2.45. The summed E-state index contributed by atoms with van der Waals surface area (Å²) in [6.45, 7) is 0. The monoisotopic (exact) mass is 252 g/mol. The minimum Gasteiger partial charge on any atom is -0.497 e. The molecule has 0 spiro atoms. The van der Waals surface area contributed by atoms with Gasteiger partial charge < -0.3 is 9.84 Å². The fourth-order valence-electron chi connectivity index (χ4n) is 2.76. The summed E-state index contributed by atoms with van der Waals surface area (Å²) in [6, 6.07) is 4.43. The summed E-state index contributed by atoms with van der Waals surface area (Å²) < 4.78 is 19.0. The summed E-state index contributed by atoms with van der Waals surface area (Å²) in [5.41, 5.74) is -0.773. The molecule has 4 heteroatoms. The van der Waals surface area contributed by atoms with Gasteiger partial charge in [-0.15, -0.1) is 0 Å². The summed E-state index contributed by atoms with van der Waals surface area (Å²) >= 11 is 0. The van der Waals surface area contributed by atoms with Crippen molar-refractivity contribution in [2.75, 3.05) is 7.11 Å². The second-order valence-electron chi connectivity index (χ2n) is 4.79. The maximum atomic E-state index is 14.1. The van der Waals surface area contributed by atoms with E-state index < -0.39 is 17.2 Å². The van der Waals surface area contributed by atoms with Crippen LogP contribution in [0.4, 0.5) is 4.39 Å². The van der Waals surface area contributed by atoms with Crippen LogP contribution in [-0.4, -0.2) is 18.2 Å². The zero-order chi connectivity index (χ0) is 13.2. The number of methoxy groups -OCH3 is 1. The lowest BCUT2D eigenvalue weighted by atomic mass is 9.69. The van der Waals surface area contributed by atoms with Crippen molar-refractivity contribution in [3.63, 3.8) is 0 Å². The molecule has 1 saturated carbocycles. The van der Waals surface area contributed by atoms with Crippen LogP contribution < -0.4 is 4.74 Å². The van der Waals surface area contributed by atoms with Gasteiger partial charge in [0.25, 0.3) is 0 Å². The van der Waals surface area contributed by atoms with E-state index in [1.165, 1.54) is 13.2 Å². The van der Waals surface area contributed by atoms with Gasteiger partial charge in [-0.3, -0.25) is 4.79 Å². The van der Waals surface area contributed by atoms with E-state index in [2.05, 4.69) is 0 Å². The van der Waals surface area contributed by atoms with E-state index in [-0.39, 0.29) is 5.56 Å². The van der Waals surface area contributed by atoms with Gasteiger partial charge in [0.05, 0.1) is 12.5 Å². The Morgan fingerprint density at radius 3 is 2.50 bits per heavy atom. The average Bonchev–Trinajstić information content (AvgIpc) is 2.39. The highest BCUT2D eigenvalue weighted by Crippen LogP contribution is 2.41. The molecule has 1 aromatic carbocycles. The molecule has 1 aromatic rings. The van der Waals surface area contributed by atoms with Crippen LogP contribution in [-0.2, 0) is 10.2 Å². The van der Waals surface area contributed by atoms with Gasteiger partial charge in [0, 0.05) is 11.6 Å². The molecule has 3 nitrogen and oxygen atoms in total. The minimum atomic E-state index is -1.06. The number of carboxylic acid groups (broad SMARTS) is 1. The van der Waals surface area contributed by atoms with Gasteiger partial charge in [-0.1, -0.05) is 25.3 Å². The van der Waals surface area contributed by atoms with Gasteiger partial charge in [0.15, 0.2) is 0 Å². The predicted octanol–water partition coefficient (Wildman–Crippen LogP) is 3.12. The number of hydrogen-bond donors (Lipinski definition) is 1. The van der Waals surface area contributed by atoms with Crippen molar-refractivity contribution in [3.8, 4) is 5.75 Å². The van der Waals surface area contributed by atoms with Crippen LogP contribution in [0.3, 0.4) is 0 Å². The molecular formula is C14H17FO3. The number of aliphatic carboxylic acids is 1. The van der Waals surface area contributed by atoms with E-state index in [9.17, 15) is 14.3 Å². The minimum absolute atomic E-state index is 0.288. The van der Waals surface area contributed by atoms with E-state index in [0.717, 1.165) is 19.3 Å². The smallest absolute Gasteiger partial charge is 0.314 e. The molecule has 1 N–H and O–H groups in total. The molecule has 0 unspecified atom stereocenters. The Hall–Kier alpha value is -1.58. The third kappa shape index (κ3) is 2.07. The van der Waals surface area contributed by atoms with E-state index in [1.807, 2.05) is 0 Å². The van der Waals surface area contributed by atoms with Crippen molar-refractivity contribution in [1.82, 2.24) is 0 Å². The van der Waals surface area contributed by atoms with Gasteiger partial charge in [0.2, 0.25) is 0 Å². The first kappa shape index (κ1) is 12.9. The first-order chi connectivity index (χ1) is 8.60. The Bertz CT molecular complexity index is 450. The second kappa shape index (κ2) is 4.96. The van der Waals surface area contributed by atoms with Crippen molar-refractivity contribution in [1.29, 1.82) is 0 Å². The molecule has 1 fully saturated rings. The largest absolute Gasteiger partial charge is 0.497 e. The molecule has 0 atom stereocenters. The maximum Gasteiger partial charge on any atom is 0.314 e. The third-order valence-corrected chi connectivity index (χ3v) is 3.81. The molecule has 0 radical (unpaired) electrons. The summed E-state index contributed by atoms with van der Waals surface area (Å²) in [4.78, 5) is 11.6. The van der Waals surface area contributed by atoms with Crippen molar-refractivity contribution >= 4 is 5.97 Å². The quantitative estimate of drug-likeness (QED) is 0.899. The van der Waals surface area contributed by atoms with Crippen LogP contribution >= 0.6 is 0 Å². The summed E-state index contributed by atoms with van der Waals surface area (Å²) in [6.07, 6.45) is 3.69. The fourth-order valence-corrected chi connectivity index (χ4v) is 2.76. The van der Waals surface area contributed by atoms with E-state index in [1.54, 1.807) is 12.1 Å². The number of carboxylic acids is 1. The first-order valence-electron chi connectivity index (χ1n) is 6.17. The highest BCUT2D eigenvalue weighted by molar-refractivity contribution is 5.81. The normalized spacial score (nSPS) is 18.3. The Morgan fingerprint density at radius 1 is 1.33 bits per heavy atom. The molecule has 0 saturated heterocycles. The number of halogens is 1. The van der Waals surface area contributed by atoms with Crippen LogP contribution in [0.25, 0.3) is 0 Å². The van der Waals surface area contributed by atoms with Crippen molar-refractivity contribution in [3.05, 3.63) is 29.6 Å². The van der Waals surface area contributed by atoms with Gasteiger partial charge in [-0.25, -0.2) is 4.39 Å². The Labute approximate surface area is 106 Å². The molecule has 1 aliphatic rings. The Morgan fingerprint density at radius 2 is 2.00 bits per heavy atom. The third-order valence-electron chi connectivity index (χ3n) is 3.81. The molecule has 0 aromatic heterocycles. The van der Waals surface area contributed by atoms with Gasteiger partial charge in [0.1, 0.15) is 11.6 Å². The summed E-state index contributed by atoms with van der Waals surface area (Å²) in [7, 11) is 1.46. The average molecular weight is 252 g/mol. The van der Waals surface area contributed by atoms with Crippen LogP contribution in [0.5, 0.6) is 5.75 Å². The van der Waals surface area contributed by atoms with Gasteiger partial charge >= 0.3 is 5.97 Å². The van der Waals surface area contributed by atoms with Crippen molar-refractivity contribution < 1.29 is 19.0 Å².